The van der Waals surface area contributed by atoms with E-state index in [0.717, 1.165) is 19.3 Å². The minimum atomic E-state index is -1.02. The molecule has 0 bridgehead atoms. The summed E-state index contributed by atoms with van der Waals surface area (Å²) in [5, 5.41) is 13.8. The number of aromatic nitrogens is 1. The number of rotatable bonds is 7. The number of unbranched alkanes of at least 4 members (excludes halogenated alkanes) is 3. The molecule has 128 valence electrons. The molecule has 1 aromatic rings. The highest BCUT2D eigenvalue weighted by Crippen LogP contribution is 2.23. The van der Waals surface area contributed by atoms with Crippen molar-refractivity contribution in [2.24, 2.45) is 0 Å². The Labute approximate surface area is 140 Å². The van der Waals surface area contributed by atoms with Crippen molar-refractivity contribution in [1.82, 2.24) is 4.98 Å². The molecular formula is C16H24N2O4S. The van der Waals surface area contributed by atoms with E-state index in [2.05, 4.69) is 17.2 Å². The van der Waals surface area contributed by atoms with Crippen LogP contribution in [0.2, 0.25) is 0 Å². The lowest BCUT2D eigenvalue weighted by atomic mass is 10.1. The highest BCUT2D eigenvalue weighted by atomic mass is 32.1. The van der Waals surface area contributed by atoms with Crippen molar-refractivity contribution in [3.8, 4) is 0 Å². The molecule has 0 aliphatic rings. The Hall–Kier alpha value is -1.89. The van der Waals surface area contributed by atoms with Gasteiger partial charge in [-0.1, -0.05) is 25.8 Å². The summed E-state index contributed by atoms with van der Waals surface area (Å²) in [7, 11) is 0. The molecule has 23 heavy (non-hydrogen) atoms. The lowest BCUT2D eigenvalue weighted by Crippen LogP contribution is -2.27. The van der Waals surface area contributed by atoms with Crippen molar-refractivity contribution in [3.63, 3.8) is 0 Å². The van der Waals surface area contributed by atoms with E-state index in [1.54, 1.807) is 32.2 Å². The number of thiazole rings is 1. The second-order valence-electron chi connectivity index (χ2n) is 6.08. The van der Waals surface area contributed by atoms with Crippen LogP contribution in [0.1, 0.15) is 59.1 Å². The van der Waals surface area contributed by atoms with Crippen molar-refractivity contribution in [3.05, 3.63) is 17.2 Å². The van der Waals surface area contributed by atoms with Gasteiger partial charge < -0.3 is 9.84 Å². The summed E-state index contributed by atoms with van der Waals surface area (Å²) in [6.45, 7) is 7.39. The molecular weight excluding hydrogens is 316 g/mol. The number of nitrogens with zero attached hydrogens (tertiary/aromatic N) is 1. The summed E-state index contributed by atoms with van der Waals surface area (Å²) in [6, 6.07) is 0. The molecule has 1 heterocycles. The van der Waals surface area contributed by atoms with Crippen molar-refractivity contribution >= 4 is 34.1 Å². The summed E-state index contributed by atoms with van der Waals surface area (Å²) in [5.74, 6) is -1.02. The van der Waals surface area contributed by atoms with E-state index in [0.29, 0.717) is 17.2 Å². The van der Waals surface area contributed by atoms with E-state index in [1.165, 1.54) is 11.3 Å². The van der Waals surface area contributed by atoms with E-state index in [9.17, 15) is 14.7 Å². The van der Waals surface area contributed by atoms with Crippen LogP contribution < -0.4 is 5.32 Å². The molecule has 0 atom stereocenters. The summed E-state index contributed by atoms with van der Waals surface area (Å²) in [5.41, 5.74) is -0.0880. The Balaban J connectivity index is 2.75. The number of carbonyl (C=O) groups is 2. The summed E-state index contributed by atoms with van der Waals surface area (Å²) in [6.07, 6.45) is 4.86. The second kappa shape index (κ2) is 8.67. The highest BCUT2D eigenvalue weighted by Gasteiger charge is 2.19. The first-order chi connectivity index (χ1) is 10.7. The summed E-state index contributed by atoms with van der Waals surface area (Å²) >= 11 is 1.17. The zero-order valence-electron chi connectivity index (χ0n) is 14.0. The van der Waals surface area contributed by atoms with Crippen molar-refractivity contribution in [1.29, 1.82) is 0 Å². The van der Waals surface area contributed by atoms with Crippen LogP contribution in [0.4, 0.5) is 9.93 Å². The number of hydrogen-bond donors (Lipinski definition) is 2. The Morgan fingerprint density at radius 2 is 2.09 bits per heavy atom. The van der Waals surface area contributed by atoms with E-state index < -0.39 is 17.7 Å². The molecule has 1 amide bonds. The van der Waals surface area contributed by atoms with Gasteiger partial charge in [-0.2, -0.15) is 0 Å². The lowest BCUT2D eigenvalue weighted by Gasteiger charge is -2.18. The van der Waals surface area contributed by atoms with E-state index in [1.807, 2.05) is 0 Å². The number of aliphatic carboxylic acids is 1. The molecule has 0 aliphatic heterocycles. The van der Waals surface area contributed by atoms with Crippen LogP contribution in [-0.4, -0.2) is 27.8 Å². The van der Waals surface area contributed by atoms with Crippen LogP contribution in [0.15, 0.2) is 11.5 Å². The molecule has 0 saturated heterocycles. The maximum absolute atomic E-state index is 11.7. The smallest absolute Gasteiger partial charge is 0.413 e. The standard InChI is InChI=1S/C16H24N2O4S/c1-5-6-7-8-9-11(13(19)20)12-10-23-14(17-12)18-15(21)22-16(2,3)4/h9-10H,5-8H2,1-4H3,(H,19,20)(H,17,18,21). The fourth-order valence-electron chi connectivity index (χ4n) is 1.79. The van der Waals surface area contributed by atoms with Gasteiger partial charge in [0.05, 0.1) is 11.3 Å². The molecule has 0 radical (unpaired) electrons. The van der Waals surface area contributed by atoms with Crippen LogP contribution in [0.5, 0.6) is 0 Å². The Kier molecular flexibility index (Phi) is 7.22. The lowest BCUT2D eigenvalue weighted by molar-refractivity contribution is -0.130. The number of carboxylic acids is 1. The number of nitrogens with one attached hydrogen (secondary N) is 1. The van der Waals surface area contributed by atoms with Gasteiger partial charge in [-0.3, -0.25) is 5.32 Å². The van der Waals surface area contributed by atoms with Crippen LogP contribution in [0.3, 0.4) is 0 Å². The fraction of sp³-hybridized carbons (Fsp3) is 0.562. The number of carboxylic acid groups (broad SMARTS) is 1. The van der Waals surface area contributed by atoms with E-state index in [4.69, 9.17) is 4.74 Å². The monoisotopic (exact) mass is 340 g/mol. The van der Waals surface area contributed by atoms with Crippen LogP contribution in [0, 0.1) is 0 Å². The maximum Gasteiger partial charge on any atom is 0.413 e. The molecule has 0 aliphatic carbocycles. The van der Waals surface area contributed by atoms with Crippen molar-refractivity contribution in [2.75, 3.05) is 5.32 Å². The van der Waals surface area contributed by atoms with E-state index >= 15 is 0 Å². The normalized spacial score (nSPS) is 12.1. The number of anilines is 1. The zero-order chi connectivity index (χ0) is 17.5. The van der Waals surface area contributed by atoms with Gasteiger partial charge in [0.1, 0.15) is 5.60 Å². The number of carbonyl (C=O) groups excluding carboxylic acids is 1. The zero-order valence-corrected chi connectivity index (χ0v) is 14.8. The molecule has 0 unspecified atom stereocenters. The molecule has 6 nitrogen and oxygen atoms in total. The van der Waals surface area contributed by atoms with E-state index in [-0.39, 0.29) is 5.57 Å². The van der Waals surface area contributed by atoms with Gasteiger partial charge in [0.25, 0.3) is 0 Å². The SMILES string of the molecule is CCCCCC=C(C(=O)O)c1csc(NC(=O)OC(C)(C)C)n1. The first kappa shape index (κ1) is 19.2. The molecule has 0 aromatic carbocycles. The third kappa shape index (κ3) is 7.27. The van der Waals surface area contributed by atoms with Crippen molar-refractivity contribution < 1.29 is 19.4 Å². The molecule has 1 rings (SSSR count). The molecule has 2 N–H and O–H groups in total. The van der Waals surface area contributed by atoms with Gasteiger partial charge in [-0.25, -0.2) is 14.6 Å². The minimum absolute atomic E-state index is 0.162. The Bertz CT molecular complexity index is 573. The average molecular weight is 340 g/mol. The van der Waals surface area contributed by atoms with Gasteiger partial charge in [-0.05, 0) is 33.6 Å². The summed E-state index contributed by atoms with van der Waals surface area (Å²) in [4.78, 5) is 27.2. The Morgan fingerprint density at radius 1 is 1.39 bits per heavy atom. The average Bonchev–Trinajstić information content (AvgIpc) is 2.84. The van der Waals surface area contributed by atoms with Gasteiger partial charge in [-0.15, -0.1) is 11.3 Å². The molecule has 0 spiro atoms. The quantitative estimate of drug-likeness (QED) is 0.562. The van der Waals surface area contributed by atoms with Crippen LogP contribution >= 0.6 is 11.3 Å². The summed E-state index contributed by atoms with van der Waals surface area (Å²) < 4.78 is 5.14. The third-order valence-electron chi connectivity index (χ3n) is 2.77. The van der Waals surface area contributed by atoms with Gasteiger partial charge >= 0.3 is 12.1 Å². The minimum Gasteiger partial charge on any atom is -0.478 e. The second-order valence-corrected chi connectivity index (χ2v) is 6.94. The largest absolute Gasteiger partial charge is 0.478 e. The molecule has 7 heteroatoms. The number of ether oxygens (including phenoxy) is 1. The fourth-order valence-corrected chi connectivity index (χ4v) is 2.48. The maximum atomic E-state index is 11.7. The molecule has 1 aromatic heterocycles. The Morgan fingerprint density at radius 3 is 2.65 bits per heavy atom. The van der Waals surface area contributed by atoms with Gasteiger partial charge in [0, 0.05) is 5.38 Å². The first-order valence-electron chi connectivity index (χ1n) is 7.62. The van der Waals surface area contributed by atoms with Crippen molar-refractivity contribution in [2.45, 2.75) is 59.0 Å². The van der Waals surface area contributed by atoms with Gasteiger partial charge in [0.15, 0.2) is 5.13 Å². The van der Waals surface area contributed by atoms with Gasteiger partial charge in [0.2, 0.25) is 0 Å². The third-order valence-corrected chi connectivity index (χ3v) is 3.53. The predicted molar refractivity (Wildman–Crippen MR) is 91.7 cm³/mol. The topological polar surface area (TPSA) is 88.5 Å². The molecule has 0 saturated carbocycles. The highest BCUT2D eigenvalue weighted by molar-refractivity contribution is 7.14. The number of hydrogen-bond acceptors (Lipinski definition) is 5. The number of amides is 1. The van der Waals surface area contributed by atoms with Crippen LogP contribution in [-0.2, 0) is 9.53 Å². The number of allylic oxidation sites excluding steroid dienone is 1. The first-order valence-corrected chi connectivity index (χ1v) is 8.50. The molecule has 0 fully saturated rings. The predicted octanol–water partition coefficient (Wildman–Crippen LogP) is 4.54. The van der Waals surface area contributed by atoms with Crippen LogP contribution in [0.25, 0.3) is 5.57 Å².